The Bertz CT molecular complexity index is 1590. The van der Waals surface area contributed by atoms with Crippen molar-refractivity contribution in [3.8, 4) is 0 Å². The molecule has 1 saturated heterocycles. The summed E-state index contributed by atoms with van der Waals surface area (Å²) in [6.07, 6.45) is 1.51. The number of allylic oxidation sites excluding steroid dienone is 1. The van der Waals surface area contributed by atoms with Crippen LogP contribution in [0.3, 0.4) is 0 Å². The molecule has 0 aromatic heterocycles. The number of hydrogen-bond acceptors (Lipinski definition) is 10. The summed E-state index contributed by atoms with van der Waals surface area (Å²) in [5, 5.41) is 10.7. The number of carbonyl (C=O) groups is 6. The topological polar surface area (TPSA) is 194 Å². The van der Waals surface area contributed by atoms with E-state index in [2.05, 4.69) is 26.3 Å². The van der Waals surface area contributed by atoms with Crippen molar-refractivity contribution in [3.63, 3.8) is 0 Å². The normalized spacial score (nSPS) is 17.6. The van der Waals surface area contributed by atoms with Gasteiger partial charge in [0.25, 0.3) is 5.91 Å². The highest BCUT2D eigenvalue weighted by atomic mass is 16.6. The fourth-order valence-electron chi connectivity index (χ4n) is 6.02. The standard InChI is InChI=1S/C42H66N6O9/c1-14-28-25-48(32(27(28)4)34(50)45-31(24-26(2)3)36(52)55-40(5,6)7)35(51)30(44-33(49)29-20-16-15-17-21-29)22-18-19-23-43-37(46-38(53)56-41(8,9)10)47-39(54)57-42(11,12)13/h14-17,20-21,26-27,30-32H,18-19,22-25H2,1-13H3,(H,44,49)(H,45,50)(H2,43,46,47,53,54)/b28-14+/t27-,30-,31-,32+/m0/s1. The van der Waals surface area contributed by atoms with Gasteiger partial charge < -0.3 is 29.7 Å². The summed E-state index contributed by atoms with van der Waals surface area (Å²) in [4.78, 5) is 86.2. The maximum atomic E-state index is 14.5. The zero-order valence-electron chi connectivity index (χ0n) is 36.2. The molecule has 1 aromatic rings. The van der Waals surface area contributed by atoms with E-state index in [1.54, 1.807) is 92.6 Å². The van der Waals surface area contributed by atoms with Gasteiger partial charge in [0.05, 0.1) is 0 Å². The summed E-state index contributed by atoms with van der Waals surface area (Å²) in [5.41, 5.74) is -1.15. The zero-order chi connectivity index (χ0) is 43.3. The molecule has 5 amide bonds. The summed E-state index contributed by atoms with van der Waals surface area (Å²) in [6.45, 7) is 23.3. The maximum Gasteiger partial charge on any atom is 0.414 e. The van der Waals surface area contributed by atoms with Gasteiger partial charge in [-0.3, -0.25) is 30.0 Å². The quantitative estimate of drug-likeness (QED) is 0.0461. The molecule has 4 atom stereocenters. The maximum absolute atomic E-state index is 14.5. The molecule has 0 bridgehead atoms. The van der Waals surface area contributed by atoms with Gasteiger partial charge in [-0.05, 0) is 119 Å². The molecule has 0 spiro atoms. The number of rotatable bonds is 13. The van der Waals surface area contributed by atoms with Crippen LogP contribution in [0, 0.1) is 11.8 Å². The number of nitrogens with zero attached hydrogens (tertiary/aromatic N) is 2. The predicted octanol–water partition coefficient (Wildman–Crippen LogP) is 6.03. The molecule has 1 heterocycles. The van der Waals surface area contributed by atoms with Crippen molar-refractivity contribution in [1.29, 1.82) is 0 Å². The van der Waals surface area contributed by atoms with Crippen molar-refractivity contribution < 1.29 is 43.0 Å². The number of benzene rings is 1. The molecule has 318 valence electrons. The first kappa shape index (κ1) is 48.2. The summed E-state index contributed by atoms with van der Waals surface area (Å²) in [6, 6.07) is 5.58. The van der Waals surface area contributed by atoms with Crippen LogP contribution < -0.4 is 21.3 Å². The van der Waals surface area contributed by atoms with Crippen molar-refractivity contribution in [1.82, 2.24) is 26.2 Å². The molecule has 1 fully saturated rings. The van der Waals surface area contributed by atoms with Gasteiger partial charge in [-0.2, -0.15) is 0 Å². The first-order chi connectivity index (χ1) is 26.3. The van der Waals surface area contributed by atoms with Crippen LogP contribution in [0.15, 0.2) is 47.0 Å². The second kappa shape index (κ2) is 21.0. The highest BCUT2D eigenvalue weighted by Gasteiger charge is 2.45. The highest BCUT2D eigenvalue weighted by Crippen LogP contribution is 2.31. The van der Waals surface area contributed by atoms with Gasteiger partial charge in [-0.15, -0.1) is 0 Å². The lowest BCUT2D eigenvalue weighted by molar-refractivity contribution is -0.159. The molecule has 1 aliphatic heterocycles. The monoisotopic (exact) mass is 798 g/mol. The number of hydrogen-bond donors (Lipinski definition) is 4. The molecule has 57 heavy (non-hydrogen) atoms. The number of aliphatic imine (C=N–C) groups is 1. The lowest BCUT2D eigenvalue weighted by atomic mass is 9.96. The summed E-state index contributed by atoms with van der Waals surface area (Å²) in [5.74, 6) is -2.45. The van der Waals surface area contributed by atoms with Gasteiger partial charge >= 0.3 is 18.2 Å². The zero-order valence-corrected chi connectivity index (χ0v) is 36.2. The molecule has 0 radical (unpaired) electrons. The molecule has 0 saturated carbocycles. The average molecular weight is 799 g/mol. The number of ether oxygens (including phenoxy) is 3. The number of esters is 1. The van der Waals surface area contributed by atoms with Crippen LogP contribution in [0.4, 0.5) is 9.59 Å². The van der Waals surface area contributed by atoms with Crippen molar-refractivity contribution >= 4 is 41.8 Å². The third-order valence-corrected chi connectivity index (χ3v) is 8.43. The number of alkyl carbamates (subject to hydrolysis) is 2. The molecule has 1 aliphatic rings. The number of guanidine groups is 1. The Hall–Kier alpha value is -4.95. The van der Waals surface area contributed by atoms with Gasteiger partial charge in [0, 0.05) is 24.6 Å². The van der Waals surface area contributed by atoms with Crippen LogP contribution in [0.5, 0.6) is 0 Å². The van der Waals surface area contributed by atoms with Crippen LogP contribution in [-0.2, 0) is 28.6 Å². The summed E-state index contributed by atoms with van der Waals surface area (Å²) < 4.78 is 16.3. The van der Waals surface area contributed by atoms with E-state index in [0.29, 0.717) is 24.8 Å². The molecule has 4 N–H and O–H groups in total. The van der Waals surface area contributed by atoms with E-state index in [1.807, 2.05) is 33.8 Å². The molecular weight excluding hydrogens is 732 g/mol. The van der Waals surface area contributed by atoms with Crippen molar-refractivity contribution in [2.75, 3.05) is 13.1 Å². The van der Waals surface area contributed by atoms with Crippen LogP contribution in [0.25, 0.3) is 0 Å². The van der Waals surface area contributed by atoms with Crippen LogP contribution >= 0.6 is 0 Å². The lowest BCUT2D eigenvalue weighted by Crippen LogP contribution is -2.57. The number of nitrogens with one attached hydrogen (secondary N) is 4. The molecule has 15 heteroatoms. The van der Waals surface area contributed by atoms with E-state index in [0.717, 1.165) is 5.57 Å². The van der Waals surface area contributed by atoms with Crippen LogP contribution in [0.2, 0.25) is 0 Å². The molecule has 1 aromatic carbocycles. The third kappa shape index (κ3) is 17.4. The number of likely N-dealkylation sites (tertiary alicyclic amines) is 1. The largest absolute Gasteiger partial charge is 0.458 e. The predicted molar refractivity (Wildman–Crippen MR) is 218 cm³/mol. The van der Waals surface area contributed by atoms with Crippen molar-refractivity contribution in [2.45, 2.75) is 151 Å². The minimum absolute atomic E-state index is 0.0619. The van der Waals surface area contributed by atoms with E-state index in [9.17, 15) is 28.8 Å². The second-order valence-electron chi connectivity index (χ2n) is 17.7. The third-order valence-electron chi connectivity index (χ3n) is 8.43. The Kier molecular flexibility index (Phi) is 17.8. The average Bonchev–Trinajstić information content (AvgIpc) is 3.40. The molecule has 15 nitrogen and oxygen atoms in total. The Morgan fingerprint density at radius 3 is 1.84 bits per heavy atom. The Morgan fingerprint density at radius 2 is 1.35 bits per heavy atom. The number of unbranched alkanes of at least 4 members (excludes halogenated alkanes) is 1. The van der Waals surface area contributed by atoms with E-state index >= 15 is 0 Å². The van der Waals surface area contributed by atoms with Gasteiger partial charge in [-0.25, -0.2) is 14.4 Å². The van der Waals surface area contributed by atoms with Gasteiger partial charge in [-0.1, -0.05) is 45.0 Å². The Balaban J connectivity index is 2.36. The fraction of sp³-hybridized carbons (Fsp3) is 0.643. The van der Waals surface area contributed by atoms with Crippen molar-refractivity contribution in [2.24, 2.45) is 16.8 Å². The van der Waals surface area contributed by atoms with Gasteiger partial charge in [0.1, 0.15) is 34.9 Å². The van der Waals surface area contributed by atoms with E-state index < -0.39 is 70.8 Å². The molecule has 0 unspecified atom stereocenters. The van der Waals surface area contributed by atoms with E-state index in [1.165, 1.54) is 4.90 Å². The molecule has 2 rings (SSSR count). The fourth-order valence-corrected chi connectivity index (χ4v) is 6.02. The van der Waals surface area contributed by atoms with Gasteiger partial charge in [0.2, 0.25) is 17.8 Å². The number of amides is 5. The number of carbonyl (C=O) groups excluding carboxylic acids is 6. The molecule has 0 aliphatic carbocycles. The first-order valence-corrected chi connectivity index (χ1v) is 19.7. The van der Waals surface area contributed by atoms with Crippen LogP contribution in [0.1, 0.15) is 126 Å². The van der Waals surface area contributed by atoms with Gasteiger partial charge in [0.15, 0.2) is 0 Å². The Labute approximate surface area is 338 Å². The smallest absolute Gasteiger partial charge is 0.414 e. The SMILES string of the molecule is C/C=C1\CN(C(=O)[C@H](CCCCN=C(NC(=O)OC(C)(C)C)NC(=O)OC(C)(C)C)NC(=O)c2ccccc2)[C@@H](C(=O)N[C@@H](CC(C)C)C(=O)OC(C)(C)C)[C@H]1C. The highest BCUT2D eigenvalue weighted by molar-refractivity contribution is 6.01. The van der Waals surface area contributed by atoms with E-state index in [-0.39, 0.29) is 37.3 Å². The van der Waals surface area contributed by atoms with Crippen molar-refractivity contribution in [3.05, 3.63) is 47.5 Å². The van der Waals surface area contributed by atoms with E-state index in [4.69, 9.17) is 14.2 Å². The second-order valence-corrected chi connectivity index (χ2v) is 17.7. The lowest BCUT2D eigenvalue weighted by Gasteiger charge is -2.31. The summed E-state index contributed by atoms with van der Waals surface area (Å²) in [7, 11) is 0. The minimum atomic E-state index is -1.03. The minimum Gasteiger partial charge on any atom is -0.458 e. The molecular formula is C42H66N6O9. The Morgan fingerprint density at radius 1 is 0.807 bits per heavy atom. The summed E-state index contributed by atoms with van der Waals surface area (Å²) >= 11 is 0. The first-order valence-electron chi connectivity index (χ1n) is 19.7. The van der Waals surface area contributed by atoms with Crippen LogP contribution in [-0.4, -0.2) is 94.8 Å².